The van der Waals surface area contributed by atoms with Crippen LogP contribution >= 0.6 is 11.8 Å². The van der Waals surface area contributed by atoms with E-state index >= 15 is 0 Å². The molecule has 0 aromatic heterocycles. The van der Waals surface area contributed by atoms with Crippen molar-refractivity contribution in [2.24, 2.45) is 0 Å². The number of aromatic hydroxyl groups is 2. The van der Waals surface area contributed by atoms with E-state index in [1.807, 2.05) is 31.1 Å². The molecule has 4 heteroatoms. The summed E-state index contributed by atoms with van der Waals surface area (Å²) < 4.78 is 0. The minimum absolute atomic E-state index is 0.228. The fourth-order valence-electron chi connectivity index (χ4n) is 1.21. The normalized spacial score (nSPS) is 9.18. The van der Waals surface area contributed by atoms with Gasteiger partial charge in [-0.2, -0.15) is 0 Å². The van der Waals surface area contributed by atoms with Gasteiger partial charge in [-0.25, -0.2) is 0 Å². The van der Waals surface area contributed by atoms with Gasteiger partial charge in [0.2, 0.25) is 0 Å². The molecular formula is C13H12O3S. The van der Waals surface area contributed by atoms with Crippen LogP contribution in [0.2, 0.25) is 0 Å². The Kier molecular flexibility index (Phi) is 5.10. The highest BCUT2D eigenvalue weighted by atomic mass is 32.2. The Bertz CT molecular complexity index is 442. The molecule has 0 saturated heterocycles. The molecule has 17 heavy (non-hydrogen) atoms. The molecule has 2 aromatic carbocycles. The van der Waals surface area contributed by atoms with E-state index in [2.05, 4.69) is 0 Å². The van der Waals surface area contributed by atoms with E-state index < -0.39 is 0 Å². The Hall–Kier alpha value is -1.94. The molecule has 0 aliphatic heterocycles. The number of rotatable bonds is 2. The first-order valence-corrected chi connectivity index (χ1v) is 5.62. The Morgan fingerprint density at radius 2 is 1.12 bits per heavy atom. The molecule has 0 amide bonds. The lowest BCUT2D eigenvalue weighted by atomic mass is 10.3. The molecule has 0 heterocycles. The van der Waals surface area contributed by atoms with E-state index in [0.717, 1.165) is 9.79 Å². The number of phenolic OH excluding ortho intramolecular Hbond substituents is 2. The molecule has 88 valence electrons. The molecule has 0 atom stereocenters. The van der Waals surface area contributed by atoms with Crippen LogP contribution in [-0.2, 0) is 4.79 Å². The van der Waals surface area contributed by atoms with Gasteiger partial charge in [0.25, 0.3) is 0 Å². The summed E-state index contributed by atoms with van der Waals surface area (Å²) in [6.07, 6.45) is 0. The van der Waals surface area contributed by atoms with Gasteiger partial charge in [-0.05, 0) is 24.3 Å². The summed E-state index contributed by atoms with van der Waals surface area (Å²) in [6.45, 7) is 2.00. The summed E-state index contributed by atoms with van der Waals surface area (Å²) in [7, 11) is 0. The van der Waals surface area contributed by atoms with Gasteiger partial charge < -0.3 is 15.0 Å². The first kappa shape index (κ1) is 13.1. The van der Waals surface area contributed by atoms with Crippen LogP contribution in [0.25, 0.3) is 0 Å². The lowest BCUT2D eigenvalue weighted by molar-refractivity contribution is -0.0979. The van der Waals surface area contributed by atoms with Crippen molar-refractivity contribution in [1.82, 2.24) is 0 Å². The maximum atomic E-state index is 9.56. The van der Waals surface area contributed by atoms with Crippen LogP contribution in [0.1, 0.15) is 0 Å². The first-order chi connectivity index (χ1) is 8.27. The number of benzene rings is 2. The predicted molar refractivity (Wildman–Crippen MR) is 67.5 cm³/mol. The summed E-state index contributed by atoms with van der Waals surface area (Å²) in [6, 6.07) is 14.1. The Morgan fingerprint density at radius 1 is 0.765 bits per heavy atom. The van der Waals surface area contributed by atoms with Crippen LogP contribution in [-0.4, -0.2) is 17.0 Å². The van der Waals surface area contributed by atoms with Crippen LogP contribution in [0.5, 0.6) is 11.5 Å². The van der Waals surface area contributed by atoms with Gasteiger partial charge >= 0.3 is 0 Å². The SMILES string of the molecule is C=O.Oc1ccccc1Sc1ccccc1O. The van der Waals surface area contributed by atoms with Crippen molar-refractivity contribution in [2.45, 2.75) is 9.79 Å². The zero-order valence-corrected chi connectivity index (χ0v) is 9.85. The van der Waals surface area contributed by atoms with Crippen molar-refractivity contribution in [2.75, 3.05) is 0 Å². The summed E-state index contributed by atoms with van der Waals surface area (Å²) in [5.74, 6) is 0.455. The Labute approximate surface area is 104 Å². The number of hydrogen-bond acceptors (Lipinski definition) is 4. The fraction of sp³-hybridized carbons (Fsp3) is 0. The second-order valence-electron chi connectivity index (χ2n) is 3.04. The van der Waals surface area contributed by atoms with Gasteiger partial charge in [0.05, 0.1) is 9.79 Å². The van der Waals surface area contributed by atoms with Crippen LogP contribution in [0, 0.1) is 0 Å². The summed E-state index contributed by atoms with van der Waals surface area (Å²) in [4.78, 5) is 9.47. The monoisotopic (exact) mass is 248 g/mol. The van der Waals surface area contributed by atoms with Crippen LogP contribution in [0.4, 0.5) is 0 Å². The smallest absolute Gasteiger partial charge is 0.129 e. The maximum Gasteiger partial charge on any atom is 0.129 e. The molecule has 0 unspecified atom stereocenters. The molecule has 0 aliphatic rings. The minimum Gasteiger partial charge on any atom is -0.507 e. The van der Waals surface area contributed by atoms with E-state index in [4.69, 9.17) is 4.79 Å². The average molecular weight is 248 g/mol. The standard InChI is InChI=1S/C12H10O2S.CH2O/c13-9-5-1-3-7-11(9)15-12-8-4-2-6-10(12)14;1-2/h1-8,13-14H;1H2. The number of hydrogen-bond donors (Lipinski definition) is 2. The molecule has 3 nitrogen and oxygen atoms in total. The summed E-state index contributed by atoms with van der Waals surface area (Å²) >= 11 is 1.34. The molecule has 0 radical (unpaired) electrons. The highest BCUT2D eigenvalue weighted by molar-refractivity contribution is 7.99. The number of carbonyl (C=O) groups is 1. The number of phenols is 2. The highest BCUT2D eigenvalue weighted by Gasteiger charge is 2.05. The number of carbonyl (C=O) groups excluding carboxylic acids is 1. The van der Waals surface area contributed by atoms with E-state index in [1.54, 1.807) is 24.3 Å². The third-order valence-electron chi connectivity index (χ3n) is 1.95. The first-order valence-electron chi connectivity index (χ1n) is 4.80. The zero-order chi connectivity index (χ0) is 12.7. The molecule has 0 bridgehead atoms. The Balaban J connectivity index is 0.000000686. The van der Waals surface area contributed by atoms with Crippen LogP contribution in [0.3, 0.4) is 0 Å². The average Bonchev–Trinajstić information content (AvgIpc) is 2.37. The van der Waals surface area contributed by atoms with Crippen molar-refractivity contribution in [3.05, 3.63) is 48.5 Å². The van der Waals surface area contributed by atoms with Gasteiger partial charge in [-0.1, -0.05) is 36.0 Å². The Morgan fingerprint density at radius 3 is 1.47 bits per heavy atom. The maximum absolute atomic E-state index is 9.56. The molecule has 0 aliphatic carbocycles. The van der Waals surface area contributed by atoms with Gasteiger partial charge in [0, 0.05) is 0 Å². The predicted octanol–water partition coefficient (Wildman–Crippen LogP) is 3.06. The van der Waals surface area contributed by atoms with Gasteiger partial charge in [-0.3, -0.25) is 0 Å². The molecule has 0 saturated carbocycles. The quantitative estimate of drug-likeness (QED) is 0.857. The van der Waals surface area contributed by atoms with Gasteiger partial charge in [0.15, 0.2) is 0 Å². The lowest BCUT2D eigenvalue weighted by Crippen LogP contribution is -1.75. The second kappa shape index (κ2) is 6.60. The van der Waals surface area contributed by atoms with Gasteiger partial charge in [0.1, 0.15) is 18.3 Å². The number of para-hydroxylation sites is 2. The van der Waals surface area contributed by atoms with Crippen molar-refractivity contribution < 1.29 is 15.0 Å². The lowest BCUT2D eigenvalue weighted by Gasteiger charge is -2.05. The second-order valence-corrected chi connectivity index (χ2v) is 4.12. The van der Waals surface area contributed by atoms with E-state index in [-0.39, 0.29) is 11.5 Å². The van der Waals surface area contributed by atoms with E-state index in [0.29, 0.717) is 0 Å². The van der Waals surface area contributed by atoms with E-state index in [1.165, 1.54) is 11.8 Å². The van der Waals surface area contributed by atoms with Crippen molar-refractivity contribution in [3.63, 3.8) is 0 Å². The fourth-order valence-corrected chi connectivity index (χ4v) is 2.08. The summed E-state index contributed by atoms with van der Waals surface area (Å²) in [5, 5.41) is 19.1. The largest absolute Gasteiger partial charge is 0.507 e. The molecule has 2 aromatic rings. The molecule has 2 rings (SSSR count). The zero-order valence-electron chi connectivity index (χ0n) is 9.04. The van der Waals surface area contributed by atoms with Gasteiger partial charge in [-0.15, -0.1) is 0 Å². The third-order valence-corrected chi connectivity index (χ3v) is 3.08. The molecule has 0 fully saturated rings. The third kappa shape index (κ3) is 3.53. The van der Waals surface area contributed by atoms with Crippen molar-refractivity contribution >= 4 is 18.6 Å². The minimum atomic E-state index is 0.228. The van der Waals surface area contributed by atoms with E-state index in [9.17, 15) is 10.2 Å². The molecular weight excluding hydrogens is 236 g/mol. The van der Waals surface area contributed by atoms with Crippen molar-refractivity contribution in [1.29, 1.82) is 0 Å². The molecule has 0 spiro atoms. The highest BCUT2D eigenvalue weighted by Crippen LogP contribution is 2.37. The van der Waals surface area contributed by atoms with Crippen LogP contribution in [0.15, 0.2) is 58.3 Å². The topological polar surface area (TPSA) is 57.5 Å². The molecule has 2 N–H and O–H groups in total. The van der Waals surface area contributed by atoms with Crippen LogP contribution < -0.4 is 0 Å². The summed E-state index contributed by atoms with van der Waals surface area (Å²) in [5.41, 5.74) is 0. The van der Waals surface area contributed by atoms with Crippen molar-refractivity contribution in [3.8, 4) is 11.5 Å².